The lowest BCUT2D eigenvalue weighted by Gasteiger charge is -2.12. The van der Waals surface area contributed by atoms with E-state index in [9.17, 15) is 9.59 Å². The maximum Gasteiger partial charge on any atom is 0.319 e. The zero-order valence-corrected chi connectivity index (χ0v) is 27.7. The highest BCUT2D eigenvalue weighted by atomic mass is 79.9. The van der Waals surface area contributed by atoms with E-state index >= 15 is 0 Å². The molecule has 0 atom stereocenters. The van der Waals surface area contributed by atoms with E-state index in [4.69, 9.17) is 0 Å². The van der Waals surface area contributed by atoms with E-state index < -0.39 is 0 Å². The van der Waals surface area contributed by atoms with E-state index in [0.29, 0.717) is 26.2 Å². The summed E-state index contributed by atoms with van der Waals surface area (Å²) in [6.45, 7) is 8.66. The molecule has 0 fully saturated rings. The third-order valence-electron chi connectivity index (χ3n) is 6.33. The van der Waals surface area contributed by atoms with Crippen molar-refractivity contribution in [3.63, 3.8) is 0 Å². The van der Waals surface area contributed by atoms with E-state index in [-0.39, 0.29) is 12.1 Å². The number of halogens is 2. The standard InChI is InChI=1S/C17H20BrN3O.C16H18BrN3O/c1-12-6-5-9-15(13(12)2)19-10-11-20-17(22)21-16-8-4-3-7-14(16)18;1-12-5-4-6-13(11-12)18-9-10-19-16(21)20-15-8-3-2-7-14(15)17/h3-9,19H,10-11H2,1-2H3,(H2,20,21,22);2-8,11,18H,9-10H2,1H3,(H2,19,20,21). The van der Waals surface area contributed by atoms with Crippen LogP contribution in [0.5, 0.6) is 0 Å². The number of urea groups is 2. The van der Waals surface area contributed by atoms with Gasteiger partial charge in [-0.3, -0.25) is 0 Å². The van der Waals surface area contributed by atoms with E-state index in [0.717, 1.165) is 31.7 Å². The van der Waals surface area contributed by atoms with Gasteiger partial charge in [-0.15, -0.1) is 0 Å². The molecule has 4 aromatic rings. The van der Waals surface area contributed by atoms with Crippen LogP contribution in [-0.2, 0) is 0 Å². The van der Waals surface area contributed by atoms with Gasteiger partial charge in [-0.2, -0.15) is 0 Å². The van der Waals surface area contributed by atoms with Crippen molar-refractivity contribution in [2.45, 2.75) is 20.8 Å². The summed E-state index contributed by atoms with van der Waals surface area (Å²) in [5.41, 5.74) is 7.37. The van der Waals surface area contributed by atoms with Crippen LogP contribution in [0.25, 0.3) is 0 Å². The lowest BCUT2D eigenvalue weighted by Crippen LogP contribution is -2.32. The Morgan fingerprint density at radius 2 is 1.09 bits per heavy atom. The average molecular weight is 711 g/mol. The van der Waals surface area contributed by atoms with E-state index in [1.54, 1.807) is 0 Å². The van der Waals surface area contributed by atoms with Gasteiger partial charge in [-0.1, -0.05) is 48.5 Å². The SMILES string of the molecule is Cc1cccc(NCCNC(=O)Nc2ccccc2Br)c1.Cc1cccc(NCCNC(=O)Nc2ccccc2Br)c1C. The molecule has 0 saturated carbocycles. The molecular formula is C33H38Br2N6O2. The monoisotopic (exact) mass is 708 g/mol. The van der Waals surface area contributed by atoms with Gasteiger partial charge < -0.3 is 31.9 Å². The molecule has 0 aliphatic carbocycles. The van der Waals surface area contributed by atoms with Crippen LogP contribution in [0.1, 0.15) is 16.7 Å². The number of para-hydroxylation sites is 2. The topological polar surface area (TPSA) is 106 Å². The number of rotatable bonds is 10. The molecular weight excluding hydrogens is 672 g/mol. The first kappa shape index (κ1) is 33.5. The Bertz CT molecular complexity index is 1500. The molecule has 0 spiro atoms. The van der Waals surface area contributed by atoms with Gasteiger partial charge in [0.1, 0.15) is 0 Å². The van der Waals surface area contributed by atoms with Gasteiger partial charge in [0.25, 0.3) is 0 Å². The van der Waals surface area contributed by atoms with Crippen LogP contribution >= 0.6 is 31.9 Å². The minimum Gasteiger partial charge on any atom is -0.383 e. The second-order valence-corrected chi connectivity index (χ2v) is 11.4. The zero-order valence-electron chi connectivity index (χ0n) is 24.6. The molecule has 43 heavy (non-hydrogen) atoms. The quantitative estimate of drug-likeness (QED) is 0.0933. The molecule has 0 unspecified atom stereocenters. The van der Waals surface area contributed by atoms with E-state index in [1.807, 2.05) is 72.8 Å². The molecule has 10 heteroatoms. The molecule has 0 heterocycles. The summed E-state index contributed by atoms with van der Waals surface area (Å²) in [4.78, 5) is 23.6. The summed E-state index contributed by atoms with van der Waals surface area (Å²) in [6.07, 6.45) is 0. The Kier molecular flexibility index (Phi) is 13.9. The minimum atomic E-state index is -0.215. The maximum atomic E-state index is 11.8. The summed E-state index contributed by atoms with van der Waals surface area (Å²) in [7, 11) is 0. The van der Waals surface area contributed by atoms with Gasteiger partial charge in [0.2, 0.25) is 0 Å². The summed E-state index contributed by atoms with van der Waals surface area (Å²) in [5.74, 6) is 0. The normalized spacial score (nSPS) is 10.1. The van der Waals surface area contributed by atoms with Crippen LogP contribution in [-0.4, -0.2) is 38.2 Å². The Labute approximate surface area is 270 Å². The minimum absolute atomic E-state index is 0.213. The number of hydrogen-bond acceptors (Lipinski definition) is 4. The van der Waals surface area contributed by atoms with Crippen molar-refractivity contribution < 1.29 is 9.59 Å². The second-order valence-electron chi connectivity index (χ2n) is 9.69. The molecule has 6 N–H and O–H groups in total. The van der Waals surface area contributed by atoms with Crippen molar-refractivity contribution in [2.24, 2.45) is 0 Å². The summed E-state index contributed by atoms with van der Waals surface area (Å²) in [6, 6.07) is 28.9. The van der Waals surface area contributed by atoms with Gasteiger partial charge in [0.05, 0.1) is 11.4 Å². The highest BCUT2D eigenvalue weighted by Crippen LogP contribution is 2.22. The van der Waals surface area contributed by atoms with Crippen molar-refractivity contribution in [1.82, 2.24) is 10.6 Å². The summed E-state index contributed by atoms with van der Waals surface area (Å²) >= 11 is 6.79. The third kappa shape index (κ3) is 12.0. The van der Waals surface area contributed by atoms with Crippen molar-refractivity contribution in [3.05, 3.63) is 117 Å². The number of hydrogen-bond donors (Lipinski definition) is 6. The third-order valence-corrected chi connectivity index (χ3v) is 7.72. The number of carbonyl (C=O) groups excluding carboxylic acids is 2. The molecule has 4 amide bonds. The molecule has 4 rings (SSSR count). The number of nitrogens with one attached hydrogen (secondary N) is 6. The summed E-state index contributed by atoms with van der Waals surface area (Å²) in [5, 5.41) is 17.8. The van der Waals surface area contributed by atoms with Crippen LogP contribution in [0.2, 0.25) is 0 Å². The lowest BCUT2D eigenvalue weighted by molar-refractivity contribution is 0.251. The lowest BCUT2D eigenvalue weighted by atomic mass is 10.1. The summed E-state index contributed by atoms with van der Waals surface area (Å²) < 4.78 is 1.72. The Morgan fingerprint density at radius 3 is 1.65 bits per heavy atom. The van der Waals surface area contributed by atoms with Crippen molar-refractivity contribution in [1.29, 1.82) is 0 Å². The number of carbonyl (C=O) groups is 2. The van der Waals surface area contributed by atoms with Gasteiger partial charge in [-0.05, 0) is 112 Å². The Morgan fingerprint density at radius 1 is 0.581 bits per heavy atom. The van der Waals surface area contributed by atoms with Crippen LogP contribution in [0, 0.1) is 20.8 Å². The first-order valence-electron chi connectivity index (χ1n) is 13.9. The van der Waals surface area contributed by atoms with E-state index in [2.05, 4.69) is 103 Å². The zero-order chi connectivity index (χ0) is 31.0. The van der Waals surface area contributed by atoms with Gasteiger partial charge in [0, 0.05) is 46.5 Å². The van der Waals surface area contributed by atoms with Crippen molar-refractivity contribution in [2.75, 3.05) is 47.4 Å². The second kappa shape index (κ2) is 17.8. The van der Waals surface area contributed by atoms with Crippen LogP contribution < -0.4 is 31.9 Å². The average Bonchev–Trinajstić information content (AvgIpc) is 2.98. The Hall–Kier alpha value is -4.02. The molecule has 0 aliphatic heterocycles. The van der Waals surface area contributed by atoms with Crippen LogP contribution in [0.4, 0.5) is 32.3 Å². The number of aryl methyl sites for hydroxylation is 2. The van der Waals surface area contributed by atoms with Crippen LogP contribution in [0.3, 0.4) is 0 Å². The predicted octanol–water partition coefficient (Wildman–Crippen LogP) is 8.29. The fourth-order valence-corrected chi connectivity index (χ4v) is 4.68. The fourth-order valence-electron chi connectivity index (χ4n) is 3.91. The Balaban J connectivity index is 0.000000236. The first-order chi connectivity index (χ1) is 20.7. The maximum absolute atomic E-state index is 11.8. The molecule has 0 aromatic heterocycles. The van der Waals surface area contributed by atoms with Gasteiger partial charge in [0.15, 0.2) is 0 Å². The molecule has 0 aliphatic rings. The van der Waals surface area contributed by atoms with Crippen molar-refractivity contribution >= 4 is 66.7 Å². The molecule has 0 saturated heterocycles. The van der Waals surface area contributed by atoms with Crippen LogP contribution in [0.15, 0.2) is 99.9 Å². The van der Waals surface area contributed by atoms with Crippen molar-refractivity contribution in [3.8, 4) is 0 Å². The van der Waals surface area contributed by atoms with Gasteiger partial charge in [-0.25, -0.2) is 9.59 Å². The first-order valence-corrected chi connectivity index (χ1v) is 15.5. The molecule has 0 radical (unpaired) electrons. The molecule has 226 valence electrons. The van der Waals surface area contributed by atoms with Gasteiger partial charge >= 0.3 is 12.1 Å². The number of amides is 4. The molecule has 8 nitrogen and oxygen atoms in total. The highest BCUT2D eigenvalue weighted by Gasteiger charge is 2.05. The molecule has 0 bridgehead atoms. The fraction of sp³-hybridized carbons (Fsp3) is 0.212. The smallest absolute Gasteiger partial charge is 0.319 e. The van der Waals surface area contributed by atoms with E-state index in [1.165, 1.54) is 16.7 Å². The predicted molar refractivity (Wildman–Crippen MR) is 186 cm³/mol. The molecule has 4 aromatic carbocycles. The largest absolute Gasteiger partial charge is 0.383 e. The highest BCUT2D eigenvalue weighted by molar-refractivity contribution is 9.11. The number of anilines is 4. The number of benzene rings is 4.